The van der Waals surface area contributed by atoms with Gasteiger partial charge in [0.2, 0.25) is 0 Å². The number of para-hydroxylation sites is 1. The molecule has 0 saturated carbocycles. The van der Waals surface area contributed by atoms with E-state index in [4.69, 9.17) is 4.42 Å². The molecule has 0 aliphatic heterocycles. The Morgan fingerprint density at radius 3 is 3.00 bits per heavy atom. The van der Waals surface area contributed by atoms with Crippen molar-refractivity contribution >= 4 is 11.0 Å². The van der Waals surface area contributed by atoms with Crippen LogP contribution < -0.4 is 0 Å². The lowest BCUT2D eigenvalue weighted by Crippen LogP contribution is -2.07. The molecule has 3 aromatic rings. The zero-order valence-corrected chi connectivity index (χ0v) is 11.7. The van der Waals surface area contributed by atoms with Crippen molar-refractivity contribution in [1.82, 2.24) is 9.55 Å². The van der Waals surface area contributed by atoms with E-state index in [2.05, 4.69) is 11.9 Å². The summed E-state index contributed by atoms with van der Waals surface area (Å²) in [6.45, 7) is 4.94. The molecule has 0 fully saturated rings. The summed E-state index contributed by atoms with van der Waals surface area (Å²) in [7, 11) is 0. The summed E-state index contributed by atoms with van der Waals surface area (Å²) in [4.78, 5) is 4.12. The second-order valence-corrected chi connectivity index (χ2v) is 5.06. The molecule has 0 aliphatic rings. The third-order valence-electron chi connectivity index (χ3n) is 3.52. The van der Waals surface area contributed by atoms with E-state index in [1.165, 1.54) is 0 Å². The molecule has 3 rings (SSSR count). The Labute approximate surface area is 117 Å². The Morgan fingerprint density at radius 1 is 1.40 bits per heavy atom. The summed E-state index contributed by atoms with van der Waals surface area (Å²) in [6.07, 6.45) is 3.65. The van der Waals surface area contributed by atoms with Gasteiger partial charge in [0, 0.05) is 11.9 Å². The van der Waals surface area contributed by atoms with E-state index in [0.717, 1.165) is 35.2 Å². The highest BCUT2D eigenvalue weighted by molar-refractivity contribution is 5.81. The van der Waals surface area contributed by atoms with Gasteiger partial charge < -0.3 is 14.1 Å². The number of nitrogens with zero attached hydrogens (tertiary/aromatic N) is 2. The van der Waals surface area contributed by atoms with E-state index in [1.807, 2.05) is 35.8 Å². The number of aliphatic hydroxyl groups excluding tert-OH is 1. The minimum absolute atomic E-state index is 0.562. The first-order valence-electron chi connectivity index (χ1n) is 6.88. The first kappa shape index (κ1) is 12.9. The minimum atomic E-state index is -0.782. The molecule has 20 heavy (non-hydrogen) atoms. The maximum atomic E-state index is 10.5. The maximum Gasteiger partial charge on any atom is 0.153 e. The molecular weight excluding hydrogens is 252 g/mol. The molecule has 0 amide bonds. The largest absolute Gasteiger partial charge is 0.458 e. The summed E-state index contributed by atoms with van der Waals surface area (Å²) in [5, 5.41) is 11.5. The van der Waals surface area contributed by atoms with Gasteiger partial charge in [-0.05, 0) is 25.0 Å². The van der Waals surface area contributed by atoms with Gasteiger partial charge in [0.05, 0.1) is 18.2 Å². The van der Waals surface area contributed by atoms with Gasteiger partial charge in [-0.2, -0.15) is 0 Å². The van der Waals surface area contributed by atoms with Crippen molar-refractivity contribution in [1.29, 1.82) is 0 Å². The zero-order valence-electron chi connectivity index (χ0n) is 11.7. The highest BCUT2D eigenvalue weighted by Crippen LogP contribution is 2.29. The lowest BCUT2D eigenvalue weighted by molar-refractivity contribution is 0.182. The Kier molecular flexibility index (Phi) is 3.32. The third kappa shape index (κ3) is 2.12. The van der Waals surface area contributed by atoms with Crippen molar-refractivity contribution < 1.29 is 9.52 Å². The normalized spacial score (nSPS) is 12.9. The molecule has 2 aromatic heterocycles. The van der Waals surface area contributed by atoms with E-state index in [9.17, 15) is 5.11 Å². The molecule has 1 aromatic carbocycles. The van der Waals surface area contributed by atoms with Gasteiger partial charge in [-0.1, -0.05) is 25.1 Å². The van der Waals surface area contributed by atoms with E-state index in [0.29, 0.717) is 5.76 Å². The van der Waals surface area contributed by atoms with Crippen LogP contribution >= 0.6 is 0 Å². The van der Waals surface area contributed by atoms with Crippen LogP contribution in [0.3, 0.4) is 0 Å². The van der Waals surface area contributed by atoms with Gasteiger partial charge in [0.15, 0.2) is 6.10 Å². The van der Waals surface area contributed by atoms with Crippen LogP contribution in [0.1, 0.15) is 36.5 Å². The number of hydrogen-bond donors (Lipinski definition) is 1. The third-order valence-corrected chi connectivity index (χ3v) is 3.52. The monoisotopic (exact) mass is 270 g/mol. The highest BCUT2D eigenvalue weighted by Gasteiger charge is 2.19. The van der Waals surface area contributed by atoms with Crippen molar-refractivity contribution in [3.63, 3.8) is 0 Å². The molecule has 1 atom stereocenters. The standard InChI is InChI=1S/C16H18N2O2/c1-3-7-18-10-17-9-13(18)15(19)14-8-12-6-4-5-11(2)16(12)20-14/h4-6,8-10,15,19H,3,7H2,1-2H3. The first-order chi connectivity index (χ1) is 9.70. The first-order valence-corrected chi connectivity index (χ1v) is 6.88. The van der Waals surface area contributed by atoms with Gasteiger partial charge in [0.25, 0.3) is 0 Å². The SMILES string of the molecule is CCCn1cncc1C(O)c1cc2cccc(C)c2o1. The van der Waals surface area contributed by atoms with Crippen LogP contribution in [0.4, 0.5) is 0 Å². The Hall–Kier alpha value is -2.07. The van der Waals surface area contributed by atoms with Crippen molar-refractivity contribution in [3.8, 4) is 0 Å². The quantitative estimate of drug-likeness (QED) is 0.790. The zero-order chi connectivity index (χ0) is 14.1. The van der Waals surface area contributed by atoms with E-state index in [-0.39, 0.29) is 0 Å². The molecule has 104 valence electrons. The maximum absolute atomic E-state index is 10.5. The molecule has 0 saturated heterocycles. The van der Waals surface area contributed by atoms with Crippen LogP contribution in [-0.2, 0) is 6.54 Å². The van der Waals surface area contributed by atoms with Crippen LogP contribution in [0.5, 0.6) is 0 Å². The summed E-state index contributed by atoms with van der Waals surface area (Å²) in [5.41, 5.74) is 2.68. The predicted molar refractivity (Wildman–Crippen MR) is 77.5 cm³/mol. The molecule has 0 spiro atoms. The van der Waals surface area contributed by atoms with Gasteiger partial charge in [-0.15, -0.1) is 0 Å². The summed E-state index contributed by atoms with van der Waals surface area (Å²) >= 11 is 0. The van der Waals surface area contributed by atoms with Gasteiger partial charge in [-0.25, -0.2) is 4.98 Å². The number of benzene rings is 1. The smallest absolute Gasteiger partial charge is 0.153 e. The average Bonchev–Trinajstić information content (AvgIpc) is 3.05. The molecule has 0 bridgehead atoms. The summed E-state index contributed by atoms with van der Waals surface area (Å²) in [6, 6.07) is 7.88. The van der Waals surface area contributed by atoms with Crippen molar-refractivity contribution in [3.05, 3.63) is 53.8 Å². The second kappa shape index (κ2) is 5.13. The number of hydrogen-bond acceptors (Lipinski definition) is 3. The molecule has 0 radical (unpaired) electrons. The molecule has 0 aliphatic carbocycles. The van der Waals surface area contributed by atoms with Crippen LogP contribution in [0.25, 0.3) is 11.0 Å². The van der Waals surface area contributed by atoms with E-state index >= 15 is 0 Å². The second-order valence-electron chi connectivity index (χ2n) is 5.06. The van der Waals surface area contributed by atoms with E-state index < -0.39 is 6.10 Å². The van der Waals surface area contributed by atoms with Crippen LogP contribution in [0, 0.1) is 6.92 Å². The summed E-state index contributed by atoms with van der Waals surface area (Å²) in [5.74, 6) is 0.562. The molecule has 4 nitrogen and oxygen atoms in total. The van der Waals surface area contributed by atoms with Crippen LogP contribution in [-0.4, -0.2) is 14.7 Å². The molecule has 2 heterocycles. The number of aromatic nitrogens is 2. The lowest BCUT2D eigenvalue weighted by atomic mass is 10.1. The topological polar surface area (TPSA) is 51.2 Å². The minimum Gasteiger partial charge on any atom is -0.458 e. The van der Waals surface area contributed by atoms with Gasteiger partial charge in [0.1, 0.15) is 11.3 Å². The summed E-state index contributed by atoms with van der Waals surface area (Å²) < 4.78 is 7.79. The van der Waals surface area contributed by atoms with Crippen LogP contribution in [0.2, 0.25) is 0 Å². The molecule has 1 N–H and O–H groups in total. The number of fused-ring (bicyclic) bond motifs is 1. The number of aryl methyl sites for hydroxylation is 2. The number of imidazole rings is 1. The highest BCUT2D eigenvalue weighted by atomic mass is 16.4. The van der Waals surface area contributed by atoms with Crippen molar-refractivity contribution in [2.45, 2.75) is 32.9 Å². The number of rotatable bonds is 4. The number of furan rings is 1. The Balaban J connectivity index is 2.01. The predicted octanol–water partition coefficient (Wildman–Crippen LogP) is 3.43. The van der Waals surface area contributed by atoms with Gasteiger partial charge >= 0.3 is 0 Å². The fraction of sp³-hybridized carbons (Fsp3) is 0.312. The Morgan fingerprint density at radius 2 is 2.25 bits per heavy atom. The molecule has 4 heteroatoms. The number of aliphatic hydroxyl groups is 1. The van der Waals surface area contributed by atoms with Crippen molar-refractivity contribution in [2.75, 3.05) is 0 Å². The average molecular weight is 270 g/mol. The van der Waals surface area contributed by atoms with Crippen molar-refractivity contribution in [2.24, 2.45) is 0 Å². The van der Waals surface area contributed by atoms with Crippen LogP contribution in [0.15, 0.2) is 41.2 Å². The van der Waals surface area contributed by atoms with E-state index in [1.54, 1.807) is 12.5 Å². The van der Waals surface area contributed by atoms with Gasteiger partial charge in [-0.3, -0.25) is 0 Å². The fourth-order valence-corrected chi connectivity index (χ4v) is 2.50. The molecular formula is C16H18N2O2. The lowest BCUT2D eigenvalue weighted by Gasteiger charge is -2.10. The molecule has 1 unspecified atom stereocenters. The Bertz CT molecular complexity index is 727. The fourth-order valence-electron chi connectivity index (χ4n) is 2.50.